The predicted molar refractivity (Wildman–Crippen MR) is 109 cm³/mol. The summed E-state index contributed by atoms with van der Waals surface area (Å²) >= 11 is 1.81. The molecule has 3 N–H and O–H groups in total. The normalized spacial score (nSPS) is 12.8. The highest BCUT2D eigenvalue weighted by atomic mass is 32.1. The third-order valence-electron chi connectivity index (χ3n) is 4.11. The Morgan fingerprint density at radius 1 is 1.19 bits per heavy atom. The van der Waals surface area contributed by atoms with Gasteiger partial charge in [-0.2, -0.15) is 0 Å². The molecule has 3 aromatic rings. The van der Waals surface area contributed by atoms with Gasteiger partial charge in [-0.15, -0.1) is 11.3 Å². The van der Waals surface area contributed by atoms with E-state index in [0.717, 1.165) is 36.0 Å². The number of rotatable bonds is 7. The largest absolute Gasteiger partial charge is 0.356 e. The first-order valence-electron chi connectivity index (χ1n) is 8.81. The number of hydrogen-bond acceptors (Lipinski definition) is 3. The minimum Gasteiger partial charge on any atom is -0.356 e. The molecule has 0 bridgehead atoms. The zero-order valence-electron chi connectivity index (χ0n) is 15.2. The van der Waals surface area contributed by atoms with Crippen LogP contribution in [-0.2, 0) is 13.0 Å². The van der Waals surface area contributed by atoms with Gasteiger partial charge in [0.05, 0.1) is 18.4 Å². The summed E-state index contributed by atoms with van der Waals surface area (Å²) in [6, 6.07) is 14.5. The van der Waals surface area contributed by atoms with Gasteiger partial charge in [0, 0.05) is 18.5 Å². The molecule has 0 saturated heterocycles. The van der Waals surface area contributed by atoms with Crippen molar-refractivity contribution in [3.05, 3.63) is 64.7 Å². The molecule has 0 saturated carbocycles. The van der Waals surface area contributed by atoms with Crippen LogP contribution in [0.5, 0.6) is 0 Å². The average Bonchev–Trinajstić information content (AvgIpc) is 3.34. The highest BCUT2D eigenvalue weighted by Crippen LogP contribution is 2.16. The van der Waals surface area contributed by atoms with Crippen LogP contribution in [0.15, 0.2) is 59.0 Å². The molecular weight excluding hydrogens is 342 g/mol. The molecular formula is C20H25N5S. The monoisotopic (exact) mass is 367 g/mol. The van der Waals surface area contributed by atoms with Crippen molar-refractivity contribution in [1.29, 1.82) is 0 Å². The van der Waals surface area contributed by atoms with Gasteiger partial charge in [-0.25, -0.2) is 4.98 Å². The van der Waals surface area contributed by atoms with E-state index in [1.165, 1.54) is 4.88 Å². The van der Waals surface area contributed by atoms with Crippen molar-refractivity contribution >= 4 is 17.3 Å². The zero-order valence-corrected chi connectivity index (χ0v) is 16.0. The quantitative estimate of drug-likeness (QED) is 0.441. The van der Waals surface area contributed by atoms with Crippen LogP contribution >= 0.6 is 11.3 Å². The molecule has 2 aromatic heterocycles. The Morgan fingerprint density at radius 2 is 2.04 bits per heavy atom. The molecule has 1 aromatic carbocycles. The fourth-order valence-corrected chi connectivity index (χ4v) is 3.59. The van der Waals surface area contributed by atoms with Gasteiger partial charge in [-0.05, 0) is 29.3 Å². The highest BCUT2D eigenvalue weighted by molar-refractivity contribution is 7.09. The number of H-pyrrole nitrogens is 1. The van der Waals surface area contributed by atoms with Gasteiger partial charge in [0.1, 0.15) is 5.82 Å². The molecule has 2 heterocycles. The number of aliphatic imine (C=N–C) groups is 1. The predicted octanol–water partition coefficient (Wildman–Crippen LogP) is 3.68. The Balaban J connectivity index is 1.46. The third kappa shape index (κ3) is 5.20. The van der Waals surface area contributed by atoms with E-state index in [2.05, 4.69) is 62.2 Å². The van der Waals surface area contributed by atoms with E-state index in [1.807, 2.05) is 35.7 Å². The Labute approximate surface area is 158 Å². The summed E-state index contributed by atoms with van der Waals surface area (Å²) in [5.74, 6) is 2.22. The summed E-state index contributed by atoms with van der Waals surface area (Å²) in [6.07, 6.45) is 2.95. The molecule has 6 heteroatoms. The fourth-order valence-electron chi connectivity index (χ4n) is 2.72. The first-order valence-corrected chi connectivity index (χ1v) is 9.68. The van der Waals surface area contributed by atoms with Gasteiger partial charge in [0.2, 0.25) is 0 Å². The fraction of sp³-hybridized carbons (Fsp3) is 0.300. The van der Waals surface area contributed by atoms with Crippen LogP contribution in [0.1, 0.15) is 17.6 Å². The second-order valence-corrected chi connectivity index (χ2v) is 7.34. The number of thiophene rings is 1. The Bertz CT molecular complexity index is 808. The number of guanidine groups is 1. The topological polar surface area (TPSA) is 65.1 Å². The van der Waals surface area contributed by atoms with Gasteiger partial charge >= 0.3 is 0 Å². The number of imidazole rings is 1. The van der Waals surface area contributed by atoms with Crippen molar-refractivity contribution in [2.24, 2.45) is 10.9 Å². The lowest BCUT2D eigenvalue weighted by atomic mass is 10.1. The number of aromatic amines is 1. The smallest absolute Gasteiger partial charge is 0.191 e. The van der Waals surface area contributed by atoms with Crippen molar-refractivity contribution in [2.75, 3.05) is 13.6 Å². The number of aromatic nitrogens is 2. The maximum Gasteiger partial charge on any atom is 0.191 e. The van der Waals surface area contributed by atoms with E-state index in [0.29, 0.717) is 12.5 Å². The van der Waals surface area contributed by atoms with Crippen molar-refractivity contribution in [3.8, 4) is 11.3 Å². The summed E-state index contributed by atoms with van der Waals surface area (Å²) < 4.78 is 0. The lowest BCUT2D eigenvalue weighted by molar-refractivity contribution is 0.561. The summed E-state index contributed by atoms with van der Waals surface area (Å²) in [6.45, 7) is 3.73. The number of nitrogens with zero attached hydrogens (tertiary/aromatic N) is 2. The van der Waals surface area contributed by atoms with E-state index in [9.17, 15) is 0 Å². The Kier molecular flexibility index (Phi) is 6.44. The molecule has 0 aliphatic heterocycles. The molecule has 0 aliphatic rings. The maximum atomic E-state index is 4.44. The van der Waals surface area contributed by atoms with Gasteiger partial charge in [-0.3, -0.25) is 4.99 Å². The Morgan fingerprint density at radius 3 is 2.77 bits per heavy atom. The summed E-state index contributed by atoms with van der Waals surface area (Å²) in [7, 11) is 1.79. The molecule has 26 heavy (non-hydrogen) atoms. The molecule has 0 fully saturated rings. The number of hydrogen-bond donors (Lipinski definition) is 3. The number of benzene rings is 1. The third-order valence-corrected chi connectivity index (χ3v) is 5.01. The van der Waals surface area contributed by atoms with Crippen molar-refractivity contribution in [3.63, 3.8) is 0 Å². The first kappa shape index (κ1) is 18.2. The van der Waals surface area contributed by atoms with E-state index in [1.54, 1.807) is 7.05 Å². The van der Waals surface area contributed by atoms with E-state index in [-0.39, 0.29) is 0 Å². The maximum absolute atomic E-state index is 4.44. The van der Waals surface area contributed by atoms with Gasteiger partial charge in [0.15, 0.2) is 5.96 Å². The molecule has 0 amide bonds. The summed E-state index contributed by atoms with van der Waals surface area (Å²) in [4.78, 5) is 13.5. The van der Waals surface area contributed by atoms with E-state index < -0.39 is 0 Å². The second kappa shape index (κ2) is 9.20. The highest BCUT2D eigenvalue weighted by Gasteiger charge is 2.07. The molecule has 0 radical (unpaired) electrons. The van der Waals surface area contributed by atoms with E-state index >= 15 is 0 Å². The molecule has 5 nitrogen and oxygen atoms in total. The molecule has 1 unspecified atom stereocenters. The second-order valence-electron chi connectivity index (χ2n) is 6.30. The molecule has 0 spiro atoms. The summed E-state index contributed by atoms with van der Waals surface area (Å²) in [5, 5.41) is 8.83. The van der Waals surface area contributed by atoms with Crippen LogP contribution in [0, 0.1) is 5.92 Å². The van der Waals surface area contributed by atoms with Gasteiger partial charge in [-0.1, -0.05) is 43.3 Å². The minimum atomic E-state index is 0.542. The van der Waals surface area contributed by atoms with Crippen LogP contribution < -0.4 is 10.6 Å². The standard InChI is InChI=1S/C20H25N5S/c1-15(11-17-9-6-10-26-17)12-23-20(21-2)24-14-19-22-13-18(25-19)16-7-4-3-5-8-16/h3-10,13,15H,11-12,14H2,1-2H3,(H,22,25)(H2,21,23,24). The molecule has 0 aliphatic carbocycles. The zero-order chi connectivity index (χ0) is 18.2. The van der Waals surface area contributed by atoms with E-state index in [4.69, 9.17) is 0 Å². The van der Waals surface area contributed by atoms with Crippen LogP contribution in [0.25, 0.3) is 11.3 Å². The van der Waals surface area contributed by atoms with Crippen LogP contribution in [0.3, 0.4) is 0 Å². The lowest BCUT2D eigenvalue weighted by Gasteiger charge is -2.15. The van der Waals surface area contributed by atoms with Crippen molar-refractivity contribution in [1.82, 2.24) is 20.6 Å². The Hall–Kier alpha value is -2.60. The molecule has 136 valence electrons. The van der Waals surface area contributed by atoms with Crippen molar-refractivity contribution < 1.29 is 0 Å². The van der Waals surface area contributed by atoms with Gasteiger partial charge < -0.3 is 15.6 Å². The summed E-state index contributed by atoms with van der Waals surface area (Å²) in [5.41, 5.74) is 2.16. The average molecular weight is 368 g/mol. The van der Waals surface area contributed by atoms with Gasteiger partial charge in [0.25, 0.3) is 0 Å². The van der Waals surface area contributed by atoms with Crippen LogP contribution in [0.2, 0.25) is 0 Å². The van der Waals surface area contributed by atoms with Crippen LogP contribution in [-0.4, -0.2) is 29.5 Å². The van der Waals surface area contributed by atoms with Crippen LogP contribution in [0.4, 0.5) is 0 Å². The first-order chi connectivity index (χ1) is 12.7. The SMILES string of the molecule is CN=C(NCc1ncc(-c2ccccc2)[nH]1)NCC(C)Cc1cccs1. The number of nitrogens with one attached hydrogen (secondary N) is 3. The van der Waals surface area contributed by atoms with Crippen molar-refractivity contribution in [2.45, 2.75) is 19.9 Å². The molecule has 3 rings (SSSR count). The minimum absolute atomic E-state index is 0.542. The lowest BCUT2D eigenvalue weighted by Crippen LogP contribution is -2.39. The molecule has 1 atom stereocenters.